The Morgan fingerprint density at radius 1 is 0.972 bits per heavy atom. The lowest BCUT2D eigenvalue weighted by Gasteiger charge is -2.36. The number of halogens is 1. The summed E-state index contributed by atoms with van der Waals surface area (Å²) in [7, 11) is 0. The molecule has 0 saturated carbocycles. The van der Waals surface area contributed by atoms with Crippen LogP contribution in [0.15, 0.2) is 88.9 Å². The molecule has 0 amide bonds. The van der Waals surface area contributed by atoms with Gasteiger partial charge in [-0.3, -0.25) is 4.90 Å². The first-order chi connectivity index (χ1) is 17.6. The maximum atomic E-state index is 14.8. The Bertz CT molecular complexity index is 1470. The van der Waals surface area contributed by atoms with Gasteiger partial charge in [0.25, 0.3) is 0 Å². The molecule has 4 aromatic rings. The van der Waals surface area contributed by atoms with E-state index in [2.05, 4.69) is 35.7 Å². The first-order valence-corrected chi connectivity index (χ1v) is 12.2. The average molecular weight is 479 g/mol. The molecule has 0 aliphatic carbocycles. The predicted molar refractivity (Wildman–Crippen MR) is 141 cm³/mol. The van der Waals surface area contributed by atoms with Crippen LogP contribution in [0.25, 0.3) is 17.5 Å². The highest BCUT2D eigenvalue weighted by Crippen LogP contribution is 2.36. The molecular weight excluding hydrogens is 451 g/mol. The molecule has 0 fully saturated rings. The first-order valence-electron chi connectivity index (χ1n) is 12.2. The number of anilines is 1. The molecule has 6 heteroatoms. The molecule has 0 saturated heterocycles. The second kappa shape index (κ2) is 9.21. The van der Waals surface area contributed by atoms with E-state index in [1.54, 1.807) is 18.2 Å². The van der Waals surface area contributed by atoms with Crippen LogP contribution in [0.1, 0.15) is 34.4 Å². The Morgan fingerprint density at radius 2 is 1.69 bits per heavy atom. The maximum absolute atomic E-state index is 14.8. The van der Waals surface area contributed by atoms with Crippen LogP contribution in [-0.2, 0) is 13.0 Å². The summed E-state index contributed by atoms with van der Waals surface area (Å²) in [6.07, 6.45) is 3.26. The van der Waals surface area contributed by atoms with Crippen molar-refractivity contribution < 1.29 is 8.81 Å². The molecule has 0 N–H and O–H groups in total. The fourth-order valence-electron chi connectivity index (χ4n) is 5.19. The van der Waals surface area contributed by atoms with E-state index < -0.39 is 0 Å². The molecule has 1 unspecified atom stereocenters. The second-order valence-corrected chi connectivity index (χ2v) is 9.24. The van der Waals surface area contributed by atoms with E-state index in [9.17, 15) is 4.39 Å². The number of rotatable bonds is 5. The molecule has 5 nitrogen and oxygen atoms in total. The first kappa shape index (κ1) is 22.4. The number of hydrogen-bond donors (Lipinski definition) is 0. The molecule has 0 radical (unpaired) electrons. The summed E-state index contributed by atoms with van der Waals surface area (Å²) in [4.78, 5) is 7.30. The Hall–Kier alpha value is -4.03. The van der Waals surface area contributed by atoms with Gasteiger partial charge in [0.05, 0.1) is 5.71 Å². The summed E-state index contributed by atoms with van der Waals surface area (Å²) in [6, 6.07) is 23.3. The monoisotopic (exact) mass is 478 g/mol. The second-order valence-electron chi connectivity index (χ2n) is 9.24. The Morgan fingerprint density at radius 3 is 2.50 bits per heavy atom. The summed E-state index contributed by atoms with van der Waals surface area (Å²) in [5.41, 5.74) is 5.78. The molecule has 3 aromatic carbocycles. The van der Waals surface area contributed by atoms with E-state index in [4.69, 9.17) is 14.5 Å². The largest absolute Gasteiger partial charge is 0.439 e. The normalized spacial score (nSPS) is 17.7. The number of aryl methyl sites for hydroxylation is 1. The van der Waals surface area contributed by atoms with Gasteiger partial charge in [-0.2, -0.15) is 10.1 Å². The Kier molecular flexibility index (Phi) is 5.74. The summed E-state index contributed by atoms with van der Waals surface area (Å²) in [5.74, 6) is 1.58. The zero-order valence-corrected chi connectivity index (χ0v) is 20.2. The highest BCUT2D eigenvalue weighted by molar-refractivity contribution is 6.03. The quantitative estimate of drug-likeness (QED) is 0.332. The van der Waals surface area contributed by atoms with Crippen molar-refractivity contribution in [3.63, 3.8) is 0 Å². The molecule has 36 heavy (non-hydrogen) atoms. The Balaban J connectivity index is 1.41. The number of hydrogen-bond acceptors (Lipinski definition) is 5. The molecular formula is C30H27FN4O. The van der Waals surface area contributed by atoms with Gasteiger partial charge in [0.15, 0.2) is 5.82 Å². The summed E-state index contributed by atoms with van der Waals surface area (Å²) < 4.78 is 20.9. The van der Waals surface area contributed by atoms with Crippen molar-refractivity contribution >= 4 is 17.6 Å². The van der Waals surface area contributed by atoms with Gasteiger partial charge in [-0.1, -0.05) is 73.3 Å². The van der Waals surface area contributed by atoms with E-state index in [1.165, 1.54) is 17.2 Å². The lowest BCUT2D eigenvalue weighted by atomic mass is 9.98. The van der Waals surface area contributed by atoms with Crippen molar-refractivity contribution in [3.05, 3.63) is 113 Å². The molecule has 1 aromatic heterocycles. The van der Waals surface area contributed by atoms with Gasteiger partial charge >= 0.3 is 0 Å². The predicted octanol–water partition coefficient (Wildman–Crippen LogP) is 6.43. The number of benzene rings is 3. The zero-order valence-electron chi connectivity index (χ0n) is 20.2. The van der Waals surface area contributed by atoms with Gasteiger partial charge in [-0.15, -0.1) is 0 Å². The van der Waals surface area contributed by atoms with Gasteiger partial charge < -0.3 is 4.42 Å². The van der Waals surface area contributed by atoms with Crippen LogP contribution >= 0.6 is 0 Å². The maximum Gasteiger partial charge on any atom is 0.228 e. The van der Waals surface area contributed by atoms with Gasteiger partial charge in [0.2, 0.25) is 5.89 Å². The molecule has 0 bridgehead atoms. The molecule has 1 atom stereocenters. The molecule has 180 valence electrons. The molecule has 3 heterocycles. The topological polar surface area (TPSA) is 44.9 Å². The van der Waals surface area contributed by atoms with Gasteiger partial charge in [0, 0.05) is 30.6 Å². The van der Waals surface area contributed by atoms with Crippen LogP contribution in [-0.4, -0.2) is 28.3 Å². The number of nitrogens with zero attached hydrogens (tertiary/aromatic N) is 4. The summed E-state index contributed by atoms with van der Waals surface area (Å²) in [6.45, 7) is 7.52. The smallest absolute Gasteiger partial charge is 0.228 e. The van der Waals surface area contributed by atoms with Crippen LogP contribution in [0, 0.1) is 12.7 Å². The van der Waals surface area contributed by atoms with Crippen molar-refractivity contribution in [2.24, 2.45) is 5.10 Å². The molecule has 2 aliphatic rings. The lowest BCUT2D eigenvalue weighted by Crippen LogP contribution is -2.46. The van der Waals surface area contributed by atoms with Crippen molar-refractivity contribution in [2.75, 3.05) is 11.6 Å². The van der Waals surface area contributed by atoms with Crippen molar-refractivity contribution in [1.29, 1.82) is 0 Å². The number of oxazole rings is 1. The third kappa shape index (κ3) is 3.93. The molecule has 6 rings (SSSR count). The molecule has 0 spiro atoms. The third-order valence-electron chi connectivity index (χ3n) is 7.05. The van der Waals surface area contributed by atoms with Crippen LogP contribution < -0.4 is 5.01 Å². The minimum atomic E-state index is -0.265. The highest BCUT2D eigenvalue weighted by Gasteiger charge is 2.37. The number of fused-ring (bicyclic) bond motifs is 1. The summed E-state index contributed by atoms with van der Waals surface area (Å²) in [5, 5.41) is 6.86. The van der Waals surface area contributed by atoms with E-state index in [0.29, 0.717) is 35.2 Å². The van der Waals surface area contributed by atoms with Crippen LogP contribution in [0.5, 0.6) is 0 Å². The standard InChI is InChI=1S/C30H27FN4O/c1-3-21-10-6-7-13-24(21)30-32-29(20(2)36-30)35-28(18-27(33-35)25-14-8-9-15-26(25)31)34-17-16-22-11-4-5-12-23(22)19-34/h3-15,28H,1,16-19H2,2H3. The third-order valence-corrected chi connectivity index (χ3v) is 7.05. The van der Waals surface area contributed by atoms with Crippen LogP contribution in [0.2, 0.25) is 0 Å². The highest BCUT2D eigenvalue weighted by atomic mass is 19.1. The average Bonchev–Trinajstić information content (AvgIpc) is 3.52. The van der Waals surface area contributed by atoms with Gasteiger partial charge in [-0.05, 0) is 42.2 Å². The van der Waals surface area contributed by atoms with Crippen molar-refractivity contribution in [3.8, 4) is 11.5 Å². The van der Waals surface area contributed by atoms with E-state index in [1.807, 2.05) is 42.3 Å². The van der Waals surface area contributed by atoms with E-state index in [-0.39, 0.29) is 12.0 Å². The Labute approximate surface area is 210 Å². The van der Waals surface area contributed by atoms with Crippen molar-refractivity contribution in [2.45, 2.75) is 32.5 Å². The minimum absolute atomic E-state index is 0.0979. The lowest BCUT2D eigenvalue weighted by molar-refractivity contribution is 0.183. The van der Waals surface area contributed by atoms with E-state index in [0.717, 1.165) is 30.6 Å². The van der Waals surface area contributed by atoms with Crippen LogP contribution in [0.4, 0.5) is 10.2 Å². The minimum Gasteiger partial charge on any atom is -0.439 e. The van der Waals surface area contributed by atoms with Gasteiger partial charge in [0.1, 0.15) is 17.7 Å². The number of aromatic nitrogens is 1. The van der Waals surface area contributed by atoms with Crippen LogP contribution in [0.3, 0.4) is 0 Å². The summed E-state index contributed by atoms with van der Waals surface area (Å²) >= 11 is 0. The number of hydrazone groups is 1. The fourth-order valence-corrected chi connectivity index (χ4v) is 5.19. The van der Waals surface area contributed by atoms with Gasteiger partial charge in [-0.25, -0.2) is 9.40 Å². The fraction of sp³-hybridized carbons (Fsp3) is 0.200. The van der Waals surface area contributed by atoms with Crippen molar-refractivity contribution in [1.82, 2.24) is 9.88 Å². The SMILES string of the molecule is C=Cc1ccccc1-c1nc(N2N=C(c3ccccc3F)CC2N2CCc3ccccc3C2)c(C)o1. The van der Waals surface area contributed by atoms with E-state index >= 15 is 0 Å². The molecule has 2 aliphatic heterocycles. The zero-order chi connectivity index (χ0) is 24.6.